The van der Waals surface area contributed by atoms with Gasteiger partial charge in [0.1, 0.15) is 12.1 Å². The summed E-state index contributed by atoms with van der Waals surface area (Å²) in [6.45, 7) is 6.86. The fourth-order valence-electron chi connectivity index (χ4n) is 1.94. The van der Waals surface area contributed by atoms with Gasteiger partial charge in [0.25, 0.3) is 0 Å². The van der Waals surface area contributed by atoms with Crippen LogP contribution in [0.25, 0.3) is 0 Å². The Morgan fingerprint density at radius 2 is 1.94 bits per heavy atom. The molecule has 17 heavy (non-hydrogen) atoms. The smallest absolute Gasteiger partial charge is 0.410 e. The molecular weight excluding hydrogens is 220 g/mol. The van der Waals surface area contributed by atoms with Crippen LogP contribution >= 0.6 is 0 Å². The van der Waals surface area contributed by atoms with Crippen LogP contribution in [0.5, 0.6) is 0 Å². The number of amides is 2. The molecular formula is C12H20N2O3. The molecule has 1 saturated heterocycles. The molecule has 2 amide bonds. The Bertz CT molecular complexity index is 331. The number of nitrogens with zero attached hydrogens (tertiary/aromatic N) is 2. The third kappa shape index (κ3) is 3.11. The molecule has 1 aliphatic carbocycles. The summed E-state index contributed by atoms with van der Waals surface area (Å²) < 4.78 is 5.25. The van der Waals surface area contributed by atoms with Crippen molar-refractivity contribution in [2.24, 2.45) is 0 Å². The van der Waals surface area contributed by atoms with Crippen LogP contribution in [0.2, 0.25) is 0 Å². The fourth-order valence-corrected chi connectivity index (χ4v) is 1.94. The molecule has 1 saturated carbocycles. The van der Waals surface area contributed by atoms with E-state index < -0.39 is 5.60 Å². The van der Waals surface area contributed by atoms with E-state index >= 15 is 0 Å². The molecule has 0 N–H and O–H groups in total. The van der Waals surface area contributed by atoms with Crippen LogP contribution in [0.1, 0.15) is 33.6 Å². The molecule has 5 heteroatoms. The monoisotopic (exact) mass is 240 g/mol. The first-order chi connectivity index (χ1) is 7.87. The molecule has 0 unspecified atom stereocenters. The van der Waals surface area contributed by atoms with Crippen molar-refractivity contribution in [1.82, 2.24) is 9.80 Å². The zero-order valence-electron chi connectivity index (χ0n) is 10.7. The molecule has 5 nitrogen and oxygen atoms in total. The van der Waals surface area contributed by atoms with Gasteiger partial charge in [-0.1, -0.05) is 0 Å². The third-order valence-electron chi connectivity index (χ3n) is 2.90. The van der Waals surface area contributed by atoms with Gasteiger partial charge in [0.05, 0.1) is 0 Å². The van der Waals surface area contributed by atoms with Gasteiger partial charge in [-0.15, -0.1) is 0 Å². The topological polar surface area (TPSA) is 49.9 Å². The Morgan fingerprint density at radius 3 is 2.41 bits per heavy atom. The maximum atomic E-state index is 11.8. The minimum Gasteiger partial charge on any atom is -0.444 e. The second-order valence-electron chi connectivity index (χ2n) is 5.72. The van der Waals surface area contributed by atoms with Gasteiger partial charge in [-0.05, 0) is 33.6 Å². The Balaban J connectivity index is 1.88. The highest BCUT2D eigenvalue weighted by molar-refractivity contribution is 5.84. The van der Waals surface area contributed by atoms with E-state index in [1.54, 1.807) is 0 Å². The summed E-state index contributed by atoms with van der Waals surface area (Å²) in [5.41, 5.74) is -0.506. The Hall–Kier alpha value is -1.26. The SMILES string of the molecule is CC(C)(C)OC(=O)N1CCN(C2CC2)C(=O)C1. The Kier molecular flexibility index (Phi) is 3.02. The summed E-state index contributed by atoms with van der Waals surface area (Å²) in [5.74, 6) is 0.0459. The van der Waals surface area contributed by atoms with Gasteiger partial charge in [0.15, 0.2) is 0 Å². The summed E-state index contributed by atoms with van der Waals surface area (Å²) in [6, 6.07) is 0.434. The van der Waals surface area contributed by atoms with Crippen LogP contribution < -0.4 is 0 Å². The number of piperazine rings is 1. The first kappa shape index (κ1) is 12.2. The van der Waals surface area contributed by atoms with Crippen LogP contribution in [0.3, 0.4) is 0 Å². The fraction of sp³-hybridized carbons (Fsp3) is 0.833. The normalized spacial score (nSPS) is 21.7. The maximum absolute atomic E-state index is 11.8. The lowest BCUT2D eigenvalue weighted by Gasteiger charge is -2.35. The van der Waals surface area contributed by atoms with E-state index in [4.69, 9.17) is 4.74 Å². The van der Waals surface area contributed by atoms with Crippen molar-refractivity contribution in [3.8, 4) is 0 Å². The Labute approximate surface area is 102 Å². The number of rotatable bonds is 1. The van der Waals surface area contributed by atoms with Crippen LogP contribution in [0, 0.1) is 0 Å². The average molecular weight is 240 g/mol. The first-order valence-electron chi connectivity index (χ1n) is 6.14. The van der Waals surface area contributed by atoms with Crippen molar-refractivity contribution in [2.75, 3.05) is 19.6 Å². The molecule has 1 heterocycles. The van der Waals surface area contributed by atoms with Crippen molar-refractivity contribution in [1.29, 1.82) is 0 Å². The lowest BCUT2D eigenvalue weighted by Crippen LogP contribution is -2.53. The van der Waals surface area contributed by atoms with Crippen LogP contribution in [-0.4, -0.2) is 53.1 Å². The Morgan fingerprint density at radius 1 is 1.29 bits per heavy atom. The van der Waals surface area contributed by atoms with E-state index in [1.165, 1.54) is 4.90 Å². The second-order valence-corrected chi connectivity index (χ2v) is 5.72. The standard InChI is InChI=1S/C12H20N2O3/c1-12(2,3)17-11(16)13-6-7-14(9-4-5-9)10(15)8-13/h9H,4-8H2,1-3H3. The van der Waals surface area contributed by atoms with Crippen molar-refractivity contribution in [3.05, 3.63) is 0 Å². The molecule has 96 valence electrons. The highest BCUT2D eigenvalue weighted by Gasteiger charge is 2.37. The number of hydrogen-bond donors (Lipinski definition) is 0. The molecule has 0 atom stereocenters. The molecule has 0 spiro atoms. The summed E-state index contributed by atoms with van der Waals surface area (Å²) in [4.78, 5) is 27.0. The lowest BCUT2D eigenvalue weighted by atomic mass is 10.2. The molecule has 0 bridgehead atoms. The largest absolute Gasteiger partial charge is 0.444 e. The van der Waals surface area contributed by atoms with Gasteiger partial charge < -0.3 is 9.64 Å². The molecule has 0 aromatic rings. The molecule has 2 rings (SSSR count). The second kappa shape index (κ2) is 4.20. The predicted molar refractivity (Wildman–Crippen MR) is 62.5 cm³/mol. The van der Waals surface area contributed by atoms with Crippen LogP contribution in [0.4, 0.5) is 4.79 Å². The van der Waals surface area contributed by atoms with Gasteiger partial charge >= 0.3 is 6.09 Å². The molecule has 2 aliphatic rings. The van der Waals surface area contributed by atoms with Gasteiger partial charge in [-0.2, -0.15) is 0 Å². The summed E-state index contributed by atoms with van der Waals surface area (Å²) in [7, 11) is 0. The molecule has 1 aliphatic heterocycles. The highest BCUT2D eigenvalue weighted by atomic mass is 16.6. The van der Waals surface area contributed by atoms with E-state index in [1.807, 2.05) is 25.7 Å². The quantitative estimate of drug-likeness (QED) is 0.692. The number of carbonyl (C=O) groups is 2. The van der Waals surface area contributed by atoms with E-state index in [9.17, 15) is 9.59 Å². The van der Waals surface area contributed by atoms with E-state index in [0.29, 0.717) is 19.1 Å². The van der Waals surface area contributed by atoms with E-state index in [-0.39, 0.29) is 18.5 Å². The molecule has 0 aromatic heterocycles. The number of ether oxygens (including phenoxy) is 1. The summed E-state index contributed by atoms with van der Waals surface area (Å²) in [6.07, 6.45) is 1.83. The zero-order chi connectivity index (χ0) is 12.6. The van der Waals surface area contributed by atoms with Crippen molar-refractivity contribution >= 4 is 12.0 Å². The van der Waals surface area contributed by atoms with Crippen molar-refractivity contribution in [3.63, 3.8) is 0 Å². The third-order valence-corrected chi connectivity index (χ3v) is 2.90. The minimum atomic E-state index is -0.506. The van der Waals surface area contributed by atoms with Gasteiger partial charge in [-0.25, -0.2) is 4.79 Å². The first-order valence-corrected chi connectivity index (χ1v) is 6.14. The van der Waals surface area contributed by atoms with Crippen molar-refractivity contribution < 1.29 is 14.3 Å². The predicted octanol–water partition coefficient (Wildman–Crippen LogP) is 1.23. The summed E-state index contributed by atoms with van der Waals surface area (Å²) >= 11 is 0. The number of hydrogen-bond acceptors (Lipinski definition) is 3. The summed E-state index contributed by atoms with van der Waals surface area (Å²) in [5, 5.41) is 0. The molecule has 2 fully saturated rings. The van der Waals surface area contributed by atoms with Crippen LogP contribution in [0.15, 0.2) is 0 Å². The zero-order valence-corrected chi connectivity index (χ0v) is 10.7. The lowest BCUT2D eigenvalue weighted by molar-refractivity contribution is -0.136. The molecule has 0 radical (unpaired) electrons. The van der Waals surface area contributed by atoms with E-state index in [0.717, 1.165) is 12.8 Å². The van der Waals surface area contributed by atoms with E-state index in [2.05, 4.69) is 0 Å². The van der Waals surface area contributed by atoms with Crippen molar-refractivity contribution in [2.45, 2.75) is 45.3 Å². The number of carbonyl (C=O) groups excluding carboxylic acids is 2. The van der Waals surface area contributed by atoms with Gasteiger partial charge in [0.2, 0.25) is 5.91 Å². The van der Waals surface area contributed by atoms with Gasteiger partial charge in [0, 0.05) is 19.1 Å². The molecule has 0 aromatic carbocycles. The maximum Gasteiger partial charge on any atom is 0.410 e. The minimum absolute atomic E-state index is 0.0459. The highest BCUT2D eigenvalue weighted by Crippen LogP contribution is 2.28. The average Bonchev–Trinajstić information content (AvgIpc) is 2.98. The van der Waals surface area contributed by atoms with Gasteiger partial charge in [-0.3, -0.25) is 9.69 Å². The van der Waals surface area contributed by atoms with Crippen LogP contribution in [-0.2, 0) is 9.53 Å².